The number of alkyl halides is 3. The summed E-state index contributed by atoms with van der Waals surface area (Å²) >= 11 is 0. The number of nitrogens with zero attached hydrogens (tertiary/aromatic N) is 5. The maximum atomic E-state index is 13.3. The van der Waals surface area contributed by atoms with Gasteiger partial charge in [-0.05, 0) is 19.3 Å². The second-order valence-corrected chi connectivity index (χ2v) is 9.10. The molecule has 4 heterocycles. The van der Waals surface area contributed by atoms with Gasteiger partial charge in [-0.15, -0.1) is 0 Å². The average molecular weight is 457 g/mol. The highest BCUT2D eigenvalue weighted by Gasteiger charge is 2.52. The Morgan fingerprint density at radius 1 is 1.16 bits per heavy atom. The first-order valence-electron chi connectivity index (χ1n) is 11.0. The van der Waals surface area contributed by atoms with Crippen LogP contribution in [0, 0.1) is 17.8 Å². The molecule has 0 aromatic rings. The predicted octanol–water partition coefficient (Wildman–Crippen LogP) is 1.99. The zero-order chi connectivity index (χ0) is 23.2. The molecule has 0 radical (unpaired) electrons. The van der Waals surface area contributed by atoms with Crippen LogP contribution < -0.4 is 0 Å². The maximum absolute atomic E-state index is 13.3. The molecule has 4 aliphatic rings. The van der Waals surface area contributed by atoms with Crippen LogP contribution in [0.25, 0.3) is 0 Å². The van der Waals surface area contributed by atoms with E-state index >= 15 is 0 Å². The summed E-state index contributed by atoms with van der Waals surface area (Å²) in [5.41, 5.74) is 0.804. The van der Waals surface area contributed by atoms with Crippen LogP contribution in [0.2, 0.25) is 0 Å². The number of methoxy groups -OCH3 is 2. The van der Waals surface area contributed by atoms with Crippen LogP contribution in [0.4, 0.5) is 13.2 Å². The molecule has 8 atom stereocenters. The number of hydrogen-bond donors (Lipinski definition) is 0. The molecule has 0 N–H and O–H groups in total. The summed E-state index contributed by atoms with van der Waals surface area (Å²) in [6.07, 6.45) is 0.00674. The van der Waals surface area contributed by atoms with Crippen LogP contribution in [0.3, 0.4) is 0 Å². The summed E-state index contributed by atoms with van der Waals surface area (Å²) in [5.74, 6) is -0.385. The molecule has 0 saturated carbocycles. The molecule has 0 aromatic carbocycles. The first kappa shape index (κ1) is 23.2. The van der Waals surface area contributed by atoms with Gasteiger partial charge in [-0.1, -0.05) is 6.92 Å². The third-order valence-corrected chi connectivity index (χ3v) is 7.01. The molecule has 4 aliphatic heterocycles. The summed E-state index contributed by atoms with van der Waals surface area (Å²) in [4.78, 5) is 24.4. The number of hydrogen-bond acceptors (Lipinski definition) is 7. The summed E-state index contributed by atoms with van der Waals surface area (Å²) < 4.78 is 49.3. The third kappa shape index (κ3) is 4.28. The van der Waals surface area contributed by atoms with Gasteiger partial charge >= 0.3 is 6.18 Å². The average Bonchev–Trinajstić information content (AvgIpc) is 3.28. The van der Waals surface area contributed by atoms with Crippen LogP contribution in [-0.2, 0) is 14.3 Å². The van der Waals surface area contributed by atoms with Crippen molar-refractivity contribution in [1.82, 2.24) is 9.91 Å². The summed E-state index contributed by atoms with van der Waals surface area (Å²) in [7, 11) is 3.28. The van der Waals surface area contributed by atoms with Crippen LogP contribution >= 0.6 is 0 Å². The molecule has 178 valence electrons. The smallest absolute Gasteiger partial charge is 0.381 e. The summed E-state index contributed by atoms with van der Waals surface area (Å²) in [6.45, 7) is 2.85. The first-order chi connectivity index (χ1) is 15.1. The Morgan fingerprint density at radius 3 is 2.56 bits per heavy atom. The number of rotatable bonds is 5. The molecular formula is C21H30F3N5O3. The highest BCUT2D eigenvalue weighted by molar-refractivity contribution is 6.14. The van der Waals surface area contributed by atoms with E-state index in [1.54, 1.807) is 19.1 Å². The van der Waals surface area contributed by atoms with Crippen LogP contribution in [0.5, 0.6) is 0 Å². The number of likely N-dealkylation sites (tertiary alicyclic amines) is 1. The van der Waals surface area contributed by atoms with Crippen LogP contribution in [0.15, 0.2) is 15.1 Å². The van der Waals surface area contributed by atoms with Crippen molar-refractivity contribution < 1.29 is 27.4 Å². The van der Waals surface area contributed by atoms with E-state index in [2.05, 4.69) is 10.1 Å². The van der Waals surface area contributed by atoms with E-state index in [9.17, 15) is 18.0 Å². The Morgan fingerprint density at radius 2 is 1.91 bits per heavy atom. The van der Waals surface area contributed by atoms with Gasteiger partial charge in [0.2, 0.25) is 5.91 Å². The number of carbonyl (C=O) groups excluding carboxylic acids is 1. The van der Waals surface area contributed by atoms with E-state index in [0.717, 1.165) is 10.7 Å². The van der Waals surface area contributed by atoms with Gasteiger partial charge in [0.25, 0.3) is 0 Å². The number of hydrazone groups is 1. The molecule has 1 amide bonds. The molecule has 8 nitrogen and oxygen atoms in total. The second kappa shape index (κ2) is 8.74. The Hall–Kier alpha value is -2.01. The number of fused-ring (bicyclic) bond motifs is 1. The molecule has 0 spiro atoms. The summed E-state index contributed by atoms with van der Waals surface area (Å²) in [6, 6.07) is -0.866. The highest BCUT2D eigenvalue weighted by Crippen LogP contribution is 2.40. The highest BCUT2D eigenvalue weighted by atomic mass is 19.4. The van der Waals surface area contributed by atoms with Gasteiger partial charge in [0, 0.05) is 44.7 Å². The van der Waals surface area contributed by atoms with Crippen LogP contribution in [-0.4, -0.2) is 97.9 Å². The van der Waals surface area contributed by atoms with Crippen molar-refractivity contribution in [1.29, 1.82) is 0 Å². The fourth-order valence-corrected chi connectivity index (χ4v) is 5.48. The van der Waals surface area contributed by atoms with Gasteiger partial charge in [-0.3, -0.25) is 19.8 Å². The Kier molecular flexibility index (Phi) is 6.32. The lowest BCUT2D eigenvalue weighted by molar-refractivity contribution is -0.146. The lowest BCUT2D eigenvalue weighted by Gasteiger charge is -2.37. The molecule has 11 heteroatoms. The SMILES string of the molecule is COC1CC(OC)C(C2CC(C)C3C(=O)N(C4C=NN(CC(F)(F)F)C4)C(C)C3=N2)C=N1. The molecule has 0 aliphatic carbocycles. The Labute approximate surface area is 185 Å². The van der Waals surface area contributed by atoms with Crippen molar-refractivity contribution in [3.05, 3.63) is 0 Å². The largest absolute Gasteiger partial charge is 0.407 e. The zero-order valence-electron chi connectivity index (χ0n) is 18.7. The lowest BCUT2D eigenvalue weighted by atomic mass is 9.77. The third-order valence-electron chi connectivity index (χ3n) is 7.01. The molecule has 0 aromatic heterocycles. The fourth-order valence-electron chi connectivity index (χ4n) is 5.48. The van der Waals surface area contributed by atoms with E-state index < -0.39 is 18.8 Å². The molecule has 4 rings (SSSR count). The monoisotopic (exact) mass is 457 g/mol. The van der Waals surface area contributed by atoms with E-state index in [1.165, 1.54) is 6.21 Å². The second-order valence-electron chi connectivity index (χ2n) is 9.10. The maximum Gasteiger partial charge on any atom is 0.407 e. The Bertz CT molecular complexity index is 817. The molecule has 8 unspecified atom stereocenters. The van der Waals surface area contributed by atoms with Crippen molar-refractivity contribution in [3.8, 4) is 0 Å². The molecule has 32 heavy (non-hydrogen) atoms. The van der Waals surface area contributed by atoms with Crippen molar-refractivity contribution >= 4 is 24.0 Å². The number of carbonyl (C=O) groups is 1. The van der Waals surface area contributed by atoms with Crippen molar-refractivity contribution in [2.75, 3.05) is 27.3 Å². The van der Waals surface area contributed by atoms with E-state index in [-0.39, 0.29) is 54.6 Å². The number of halogens is 3. The minimum absolute atomic E-state index is 0.0195. The van der Waals surface area contributed by atoms with Gasteiger partial charge in [-0.2, -0.15) is 18.3 Å². The van der Waals surface area contributed by atoms with E-state index in [0.29, 0.717) is 12.8 Å². The predicted molar refractivity (Wildman–Crippen MR) is 113 cm³/mol. The first-order valence-corrected chi connectivity index (χ1v) is 11.0. The van der Waals surface area contributed by atoms with Gasteiger partial charge in [-0.25, -0.2) is 0 Å². The number of amides is 1. The zero-order valence-corrected chi connectivity index (χ0v) is 18.7. The quantitative estimate of drug-likeness (QED) is 0.633. The fraction of sp³-hybridized carbons (Fsp3) is 0.810. The molecule has 1 fully saturated rings. The van der Waals surface area contributed by atoms with Crippen LogP contribution in [0.1, 0.15) is 26.7 Å². The standard InChI is InChI=1S/C21H30F3N5O3/c1-11-5-15(14-8-25-17(32-4)6-16(14)31-3)27-19-12(2)29(20(30)18(11)19)13-7-26-28(9-13)10-21(22,23)24/h7-8,11-18H,5-6,9-10H2,1-4H3. The molecular weight excluding hydrogens is 427 g/mol. The van der Waals surface area contributed by atoms with Crippen molar-refractivity contribution in [2.24, 2.45) is 32.8 Å². The molecule has 1 saturated heterocycles. The normalized spacial score (nSPS) is 39.6. The molecule has 0 bridgehead atoms. The van der Waals surface area contributed by atoms with Gasteiger partial charge < -0.3 is 14.4 Å². The van der Waals surface area contributed by atoms with Gasteiger partial charge in [0.05, 0.1) is 36.7 Å². The van der Waals surface area contributed by atoms with Crippen molar-refractivity contribution in [3.63, 3.8) is 0 Å². The number of ether oxygens (including phenoxy) is 2. The minimum atomic E-state index is -4.34. The lowest BCUT2D eigenvalue weighted by Crippen LogP contribution is -2.46. The summed E-state index contributed by atoms with van der Waals surface area (Å²) in [5, 5.41) is 4.85. The number of aliphatic imine (C=N–C) groups is 2. The van der Waals surface area contributed by atoms with Gasteiger partial charge in [0.1, 0.15) is 12.8 Å². The topological polar surface area (TPSA) is 79.1 Å². The van der Waals surface area contributed by atoms with E-state index in [1.807, 2.05) is 20.1 Å². The van der Waals surface area contributed by atoms with Crippen molar-refractivity contribution in [2.45, 2.75) is 63.3 Å². The minimum Gasteiger partial charge on any atom is -0.381 e. The van der Waals surface area contributed by atoms with E-state index in [4.69, 9.17) is 14.5 Å². The Balaban J connectivity index is 1.53. The van der Waals surface area contributed by atoms with Gasteiger partial charge in [0.15, 0.2) is 0 Å².